The molecule has 3 amide bonds. The minimum absolute atomic E-state index is 0.0235. The van der Waals surface area contributed by atoms with Gasteiger partial charge in [-0.1, -0.05) is 64.2 Å². The maximum atomic E-state index is 13.8. The van der Waals surface area contributed by atoms with Crippen LogP contribution in [0.4, 0.5) is 4.79 Å². The molecule has 3 N–H and O–H groups in total. The Morgan fingerprint density at radius 2 is 1.83 bits per heavy atom. The van der Waals surface area contributed by atoms with E-state index in [4.69, 9.17) is 11.2 Å². The third kappa shape index (κ3) is 7.91. The number of carbonyl (C=O) groups is 3. The largest absolute Gasteiger partial charge is 0.508 e. The average molecular weight is 486 g/mol. The Balaban J connectivity index is 2.41. The number of carbonyl (C=O) groups excluding carboxylic acids is 3. The minimum atomic E-state index is -1.26. The normalized spacial score (nSPS) is 16.8. The summed E-state index contributed by atoms with van der Waals surface area (Å²) in [6.07, 6.45) is 10.5. The summed E-state index contributed by atoms with van der Waals surface area (Å²) in [5, 5.41) is 16.2. The van der Waals surface area contributed by atoms with Gasteiger partial charge in [0, 0.05) is 17.6 Å². The fraction of sp³-hybridized carbons (Fsp3) is 0.593. The van der Waals surface area contributed by atoms with E-state index in [0.29, 0.717) is 6.42 Å². The van der Waals surface area contributed by atoms with Crippen molar-refractivity contribution in [3.63, 3.8) is 0 Å². The van der Waals surface area contributed by atoms with Crippen molar-refractivity contribution in [3.05, 3.63) is 29.8 Å². The van der Waals surface area contributed by atoms with E-state index in [2.05, 4.69) is 16.7 Å². The molecule has 1 aromatic carbocycles. The summed E-state index contributed by atoms with van der Waals surface area (Å²) in [7, 11) is 0. The van der Waals surface area contributed by atoms with Gasteiger partial charge in [0.25, 0.3) is 5.91 Å². The number of hydrogen-bond donors (Lipinski definition) is 3. The first kappa shape index (κ1) is 28.0. The third-order valence-electron chi connectivity index (χ3n) is 6.22. The molecule has 0 aliphatic heterocycles. The molecule has 2 rings (SSSR count). The second kappa shape index (κ2) is 12.5. The number of phenolic OH excluding ortho intramolecular Hbond substituents is 1. The van der Waals surface area contributed by atoms with E-state index in [9.17, 15) is 19.5 Å². The van der Waals surface area contributed by atoms with E-state index >= 15 is 0 Å². The summed E-state index contributed by atoms with van der Waals surface area (Å²) in [5.41, 5.74) is -0.538. The topological polar surface area (TPSA) is 108 Å². The minimum Gasteiger partial charge on any atom is -0.508 e. The highest BCUT2D eigenvalue weighted by molar-refractivity contribution is 5.93. The SMILES string of the molecule is C#CN(C(=O)C(NC(=O)OC(C)(C)C)C(C)CC)C(C(=O)NC1CCCCC1)c1ccccc1O. The number of hydrogen-bond acceptors (Lipinski definition) is 5. The molecule has 8 nitrogen and oxygen atoms in total. The first-order valence-corrected chi connectivity index (χ1v) is 12.4. The molecule has 3 atom stereocenters. The van der Waals surface area contributed by atoms with Crippen molar-refractivity contribution in [3.8, 4) is 18.2 Å². The van der Waals surface area contributed by atoms with Gasteiger partial charge in [-0.2, -0.15) is 0 Å². The number of nitrogens with zero attached hydrogens (tertiary/aromatic N) is 1. The lowest BCUT2D eigenvalue weighted by Gasteiger charge is -2.33. The number of ether oxygens (including phenoxy) is 1. The molecule has 0 radical (unpaired) electrons. The first-order valence-electron chi connectivity index (χ1n) is 12.4. The van der Waals surface area contributed by atoms with Gasteiger partial charge in [-0.05, 0) is 45.6 Å². The highest BCUT2D eigenvalue weighted by atomic mass is 16.6. The van der Waals surface area contributed by atoms with Gasteiger partial charge in [0.2, 0.25) is 5.91 Å². The lowest BCUT2D eigenvalue weighted by Crippen LogP contribution is -2.54. The maximum Gasteiger partial charge on any atom is 0.408 e. The fourth-order valence-electron chi connectivity index (χ4n) is 4.18. The summed E-state index contributed by atoms with van der Waals surface area (Å²) in [4.78, 5) is 40.8. The quantitative estimate of drug-likeness (QED) is 0.377. The van der Waals surface area contributed by atoms with Crippen molar-refractivity contribution in [2.75, 3.05) is 0 Å². The molecule has 1 fully saturated rings. The van der Waals surface area contributed by atoms with Crippen LogP contribution in [0.1, 0.15) is 84.7 Å². The van der Waals surface area contributed by atoms with Crippen molar-refractivity contribution >= 4 is 17.9 Å². The number of para-hydroxylation sites is 1. The molecule has 1 saturated carbocycles. The van der Waals surface area contributed by atoms with Crippen molar-refractivity contribution < 1.29 is 24.2 Å². The Morgan fingerprint density at radius 3 is 2.37 bits per heavy atom. The lowest BCUT2D eigenvalue weighted by molar-refractivity contribution is -0.139. The van der Waals surface area contributed by atoms with Gasteiger partial charge in [0.1, 0.15) is 17.4 Å². The van der Waals surface area contributed by atoms with E-state index in [-0.39, 0.29) is 23.3 Å². The molecule has 0 saturated heterocycles. The number of nitrogens with one attached hydrogen (secondary N) is 2. The monoisotopic (exact) mass is 485 g/mol. The number of rotatable bonds is 8. The van der Waals surface area contributed by atoms with Gasteiger partial charge >= 0.3 is 6.09 Å². The van der Waals surface area contributed by atoms with Crippen LogP contribution >= 0.6 is 0 Å². The Labute approximate surface area is 208 Å². The lowest BCUT2D eigenvalue weighted by atomic mass is 9.94. The van der Waals surface area contributed by atoms with E-state index < -0.39 is 35.6 Å². The van der Waals surface area contributed by atoms with Gasteiger partial charge in [0.05, 0.1) is 0 Å². The Bertz CT molecular complexity index is 927. The summed E-state index contributed by atoms with van der Waals surface area (Å²) >= 11 is 0. The van der Waals surface area contributed by atoms with Gasteiger partial charge in [-0.25, -0.2) is 4.79 Å². The number of amides is 3. The smallest absolute Gasteiger partial charge is 0.408 e. The Kier molecular flexibility index (Phi) is 10.00. The highest BCUT2D eigenvalue weighted by Crippen LogP contribution is 2.31. The third-order valence-corrected chi connectivity index (χ3v) is 6.22. The van der Waals surface area contributed by atoms with Crippen LogP contribution in [0, 0.1) is 18.4 Å². The molecule has 8 heteroatoms. The zero-order valence-electron chi connectivity index (χ0n) is 21.5. The molecule has 1 aliphatic carbocycles. The Morgan fingerprint density at radius 1 is 1.20 bits per heavy atom. The molecule has 3 unspecified atom stereocenters. The van der Waals surface area contributed by atoms with Crippen LogP contribution in [0.2, 0.25) is 0 Å². The predicted octanol–water partition coefficient (Wildman–Crippen LogP) is 4.24. The number of aromatic hydroxyl groups is 1. The standard InChI is InChI=1S/C27H39N3O5/c1-7-18(3)22(29-26(34)35-27(4,5)6)25(33)30(8-2)23(20-16-12-13-17-21(20)31)24(32)28-19-14-10-9-11-15-19/h2,12-13,16-19,22-23,31H,7,9-11,14-15H2,1,3-6H3,(H,28,32)(H,29,34). The number of phenols is 1. The highest BCUT2D eigenvalue weighted by Gasteiger charge is 2.39. The van der Waals surface area contributed by atoms with Crippen LogP contribution in [-0.4, -0.2) is 45.6 Å². The van der Waals surface area contributed by atoms with Gasteiger partial charge in [-0.3, -0.25) is 14.5 Å². The van der Waals surface area contributed by atoms with Crippen molar-refractivity contribution in [2.45, 2.75) is 96.9 Å². The number of alkyl carbamates (subject to hydrolysis) is 1. The summed E-state index contributed by atoms with van der Waals surface area (Å²) < 4.78 is 5.35. The van der Waals surface area contributed by atoms with Crippen LogP contribution in [0.25, 0.3) is 0 Å². The van der Waals surface area contributed by atoms with Crippen LogP contribution in [0.5, 0.6) is 5.75 Å². The fourth-order valence-corrected chi connectivity index (χ4v) is 4.18. The molecule has 0 aromatic heterocycles. The second-order valence-corrected chi connectivity index (χ2v) is 10.2. The summed E-state index contributed by atoms with van der Waals surface area (Å²) in [5.74, 6) is -1.54. The molecule has 1 aliphatic rings. The molecular weight excluding hydrogens is 446 g/mol. The van der Waals surface area contributed by atoms with Crippen LogP contribution in [-0.2, 0) is 14.3 Å². The van der Waals surface area contributed by atoms with E-state index in [1.807, 2.05) is 13.8 Å². The molecule has 192 valence electrons. The first-order chi connectivity index (χ1) is 16.5. The zero-order chi connectivity index (χ0) is 26.2. The van der Waals surface area contributed by atoms with Crippen molar-refractivity contribution in [1.82, 2.24) is 15.5 Å². The van der Waals surface area contributed by atoms with Crippen LogP contribution in [0.15, 0.2) is 24.3 Å². The van der Waals surface area contributed by atoms with E-state index in [0.717, 1.165) is 37.0 Å². The van der Waals surface area contributed by atoms with Gasteiger partial charge in [0.15, 0.2) is 6.04 Å². The molecule has 1 aromatic rings. The maximum absolute atomic E-state index is 13.8. The number of terminal acetylenes is 1. The van der Waals surface area contributed by atoms with E-state index in [1.54, 1.807) is 39.0 Å². The second-order valence-electron chi connectivity index (χ2n) is 10.2. The zero-order valence-corrected chi connectivity index (χ0v) is 21.5. The van der Waals surface area contributed by atoms with Crippen LogP contribution < -0.4 is 10.6 Å². The molecule has 0 spiro atoms. The molecule has 0 bridgehead atoms. The summed E-state index contributed by atoms with van der Waals surface area (Å²) in [6.45, 7) is 8.88. The molecule has 35 heavy (non-hydrogen) atoms. The number of benzene rings is 1. The van der Waals surface area contributed by atoms with Gasteiger partial charge in [-0.15, -0.1) is 0 Å². The molecular formula is C27H39N3O5. The Hall–Kier alpha value is -3.21. The van der Waals surface area contributed by atoms with Crippen LogP contribution in [0.3, 0.4) is 0 Å². The van der Waals surface area contributed by atoms with Crippen molar-refractivity contribution in [1.29, 1.82) is 0 Å². The summed E-state index contributed by atoms with van der Waals surface area (Å²) in [6, 6.07) is 6.34. The van der Waals surface area contributed by atoms with Gasteiger partial charge < -0.3 is 20.5 Å². The predicted molar refractivity (Wildman–Crippen MR) is 134 cm³/mol. The molecule has 0 heterocycles. The van der Waals surface area contributed by atoms with Crippen molar-refractivity contribution in [2.24, 2.45) is 5.92 Å². The average Bonchev–Trinajstić information content (AvgIpc) is 2.80. The van der Waals surface area contributed by atoms with E-state index in [1.165, 1.54) is 6.07 Å².